The minimum absolute atomic E-state index is 0.219. The van der Waals surface area contributed by atoms with Gasteiger partial charge in [0.1, 0.15) is 5.82 Å². The van der Waals surface area contributed by atoms with Crippen LogP contribution in [-0.2, 0) is 9.47 Å². The molecule has 0 fully saturated rings. The van der Waals surface area contributed by atoms with Gasteiger partial charge >= 0.3 is 5.97 Å². The van der Waals surface area contributed by atoms with Gasteiger partial charge in [-0.05, 0) is 12.1 Å². The molecule has 0 radical (unpaired) electrons. The second-order valence-electron chi connectivity index (χ2n) is 3.05. The number of hydrogen-bond acceptors (Lipinski definition) is 6. The predicted octanol–water partition coefficient (Wildman–Crippen LogP) is 0.509. The van der Waals surface area contributed by atoms with Gasteiger partial charge in [-0.1, -0.05) is 0 Å². The number of methoxy groups -OCH3 is 2. The molecule has 0 aliphatic rings. The van der Waals surface area contributed by atoms with E-state index in [0.29, 0.717) is 24.7 Å². The first kappa shape index (κ1) is 12.3. The molecule has 0 spiro atoms. The van der Waals surface area contributed by atoms with Gasteiger partial charge in [0, 0.05) is 13.7 Å². The number of pyridine rings is 1. The van der Waals surface area contributed by atoms with Crippen LogP contribution in [-0.4, -0.2) is 38.3 Å². The fourth-order valence-corrected chi connectivity index (χ4v) is 1.10. The van der Waals surface area contributed by atoms with Crippen molar-refractivity contribution < 1.29 is 14.3 Å². The largest absolute Gasteiger partial charge is 0.464 e. The molecule has 3 N–H and O–H groups in total. The molecule has 0 aliphatic heterocycles. The second kappa shape index (κ2) is 5.92. The van der Waals surface area contributed by atoms with Crippen LogP contribution in [0.3, 0.4) is 0 Å². The van der Waals surface area contributed by atoms with Crippen LogP contribution >= 0.6 is 0 Å². The summed E-state index contributed by atoms with van der Waals surface area (Å²) in [5.74, 6) is -0.0326. The maximum absolute atomic E-state index is 11.2. The first-order valence-corrected chi connectivity index (χ1v) is 4.76. The van der Waals surface area contributed by atoms with E-state index in [0.717, 1.165) is 0 Å². The highest BCUT2D eigenvalue weighted by atomic mass is 16.5. The van der Waals surface area contributed by atoms with Crippen molar-refractivity contribution in [2.75, 3.05) is 38.4 Å². The van der Waals surface area contributed by atoms with Gasteiger partial charge in [-0.3, -0.25) is 0 Å². The van der Waals surface area contributed by atoms with Crippen molar-refractivity contribution in [2.24, 2.45) is 0 Å². The van der Waals surface area contributed by atoms with Crippen molar-refractivity contribution >= 4 is 17.5 Å². The van der Waals surface area contributed by atoms with Crippen LogP contribution in [0.5, 0.6) is 0 Å². The quantitative estimate of drug-likeness (QED) is 0.561. The minimum atomic E-state index is -0.491. The highest BCUT2D eigenvalue weighted by molar-refractivity contribution is 5.88. The third-order valence-electron chi connectivity index (χ3n) is 1.92. The molecular weight excluding hydrogens is 210 g/mol. The molecule has 0 atom stereocenters. The number of aromatic nitrogens is 1. The van der Waals surface area contributed by atoms with Crippen LogP contribution < -0.4 is 11.1 Å². The van der Waals surface area contributed by atoms with Crippen molar-refractivity contribution in [1.82, 2.24) is 4.98 Å². The molecule has 0 saturated heterocycles. The Bertz CT molecular complexity index is 368. The summed E-state index contributed by atoms with van der Waals surface area (Å²) >= 11 is 0. The Labute approximate surface area is 93.8 Å². The molecule has 6 heteroatoms. The predicted molar refractivity (Wildman–Crippen MR) is 60.4 cm³/mol. The average molecular weight is 225 g/mol. The highest BCUT2D eigenvalue weighted by Gasteiger charge is 2.09. The number of nitrogens with one attached hydrogen (secondary N) is 1. The van der Waals surface area contributed by atoms with E-state index < -0.39 is 5.97 Å². The number of carbonyl (C=O) groups is 1. The molecule has 0 amide bonds. The molecule has 0 bridgehead atoms. The number of nitrogen functional groups attached to an aromatic ring is 1. The van der Waals surface area contributed by atoms with Crippen molar-refractivity contribution in [3.63, 3.8) is 0 Å². The number of anilines is 2. The molecule has 0 saturated carbocycles. The number of esters is 1. The fourth-order valence-electron chi connectivity index (χ4n) is 1.10. The van der Waals surface area contributed by atoms with Crippen LogP contribution in [0.15, 0.2) is 12.1 Å². The van der Waals surface area contributed by atoms with E-state index in [2.05, 4.69) is 15.0 Å². The van der Waals surface area contributed by atoms with Crippen molar-refractivity contribution in [1.29, 1.82) is 0 Å². The molecule has 1 aromatic heterocycles. The summed E-state index contributed by atoms with van der Waals surface area (Å²) in [7, 11) is 2.90. The lowest BCUT2D eigenvalue weighted by atomic mass is 10.3. The van der Waals surface area contributed by atoms with Crippen LogP contribution in [0.4, 0.5) is 11.5 Å². The normalized spacial score (nSPS) is 9.88. The number of carbonyl (C=O) groups excluding carboxylic acids is 1. The Morgan fingerprint density at radius 3 is 2.88 bits per heavy atom. The molecule has 1 heterocycles. The van der Waals surface area contributed by atoms with Crippen LogP contribution in [0.2, 0.25) is 0 Å². The summed E-state index contributed by atoms with van der Waals surface area (Å²) in [6.45, 7) is 1.10. The van der Waals surface area contributed by atoms with E-state index in [1.807, 2.05) is 0 Å². The summed E-state index contributed by atoms with van der Waals surface area (Å²) in [5, 5.41) is 2.96. The average Bonchev–Trinajstić information content (AvgIpc) is 2.31. The van der Waals surface area contributed by atoms with Crippen LogP contribution in [0.1, 0.15) is 10.5 Å². The molecule has 88 valence electrons. The Morgan fingerprint density at radius 2 is 2.25 bits per heavy atom. The van der Waals surface area contributed by atoms with Gasteiger partial charge in [0.2, 0.25) is 0 Å². The second-order valence-corrected chi connectivity index (χ2v) is 3.05. The van der Waals surface area contributed by atoms with Crippen LogP contribution in [0, 0.1) is 0 Å². The summed E-state index contributed by atoms with van der Waals surface area (Å²) in [4.78, 5) is 15.3. The Hall–Kier alpha value is -1.82. The van der Waals surface area contributed by atoms with Gasteiger partial charge in [-0.15, -0.1) is 0 Å². The molecular formula is C10H15N3O3. The molecule has 0 aliphatic carbocycles. The van der Waals surface area contributed by atoms with E-state index in [4.69, 9.17) is 10.5 Å². The van der Waals surface area contributed by atoms with Gasteiger partial charge in [0.05, 0.1) is 19.4 Å². The van der Waals surface area contributed by atoms with Crippen molar-refractivity contribution in [2.45, 2.75) is 0 Å². The molecule has 0 aromatic carbocycles. The van der Waals surface area contributed by atoms with E-state index in [1.165, 1.54) is 13.2 Å². The molecule has 1 rings (SSSR count). The first-order valence-electron chi connectivity index (χ1n) is 4.76. The zero-order chi connectivity index (χ0) is 12.0. The molecule has 16 heavy (non-hydrogen) atoms. The van der Waals surface area contributed by atoms with Gasteiger partial charge in [-0.2, -0.15) is 0 Å². The summed E-state index contributed by atoms with van der Waals surface area (Å²) in [5.41, 5.74) is 6.39. The lowest BCUT2D eigenvalue weighted by Gasteiger charge is -2.08. The number of hydrogen-bond donors (Lipinski definition) is 2. The highest BCUT2D eigenvalue weighted by Crippen LogP contribution is 2.15. The first-order chi connectivity index (χ1) is 7.69. The zero-order valence-electron chi connectivity index (χ0n) is 9.32. The topological polar surface area (TPSA) is 86.5 Å². The fraction of sp³-hybridized carbons (Fsp3) is 0.400. The number of rotatable bonds is 5. The zero-order valence-corrected chi connectivity index (χ0v) is 9.32. The van der Waals surface area contributed by atoms with E-state index in [9.17, 15) is 4.79 Å². The minimum Gasteiger partial charge on any atom is -0.464 e. The van der Waals surface area contributed by atoms with Gasteiger partial charge in [0.25, 0.3) is 0 Å². The smallest absolute Gasteiger partial charge is 0.356 e. The molecule has 6 nitrogen and oxygen atoms in total. The maximum Gasteiger partial charge on any atom is 0.356 e. The number of nitrogens with zero attached hydrogens (tertiary/aromatic N) is 1. The lowest BCUT2D eigenvalue weighted by Crippen LogP contribution is -2.13. The van der Waals surface area contributed by atoms with Crippen molar-refractivity contribution in [3.8, 4) is 0 Å². The van der Waals surface area contributed by atoms with Crippen molar-refractivity contribution in [3.05, 3.63) is 17.8 Å². The van der Waals surface area contributed by atoms with Gasteiger partial charge in [0.15, 0.2) is 5.69 Å². The monoisotopic (exact) mass is 225 g/mol. The Morgan fingerprint density at radius 1 is 1.50 bits per heavy atom. The SMILES string of the molecule is COCCNc1nc(C(=O)OC)ccc1N. The molecule has 1 aromatic rings. The lowest BCUT2D eigenvalue weighted by molar-refractivity contribution is 0.0594. The standard InChI is InChI=1S/C10H15N3O3/c1-15-6-5-12-9-7(11)3-4-8(13-9)10(14)16-2/h3-4H,5-6,11H2,1-2H3,(H,12,13). The van der Waals surface area contributed by atoms with E-state index >= 15 is 0 Å². The molecule has 0 unspecified atom stereocenters. The van der Waals surface area contributed by atoms with E-state index in [1.54, 1.807) is 13.2 Å². The summed E-state index contributed by atoms with van der Waals surface area (Å²) < 4.78 is 9.44. The maximum atomic E-state index is 11.2. The third kappa shape index (κ3) is 3.09. The number of ether oxygens (including phenoxy) is 2. The van der Waals surface area contributed by atoms with E-state index in [-0.39, 0.29) is 5.69 Å². The third-order valence-corrected chi connectivity index (χ3v) is 1.92. The summed E-state index contributed by atoms with van der Waals surface area (Å²) in [6, 6.07) is 3.12. The Kier molecular flexibility index (Phi) is 4.53. The van der Waals surface area contributed by atoms with Crippen LogP contribution in [0.25, 0.3) is 0 Å². The van der Waals surface area contributed by atoms with Gasteiger partial charge < -0.3 is 20.5 Å². The Balaban J connectivity index is 2.78. The summed E-state index contributed by atoms with van der Waals surface area (Å²) in [6.07, 6.45) is 0. The number of nitrogens with two attached hydrogens (primary N) is 1. The van der Waals surface area contributed by atoms with Gasteiger partial charge in [-0.25, -0.2) is 9.78 Å².